The second-order valence-corrected chi connectivity index (χ2v) is 9.72. The van der Waals surface area contributed by atoms with Crippen LogP contribution in [0.1, 0.15) is 21.7 Å². The highest BCUT2D eigenvalue weighted by Crippen LogP contribution is 2.32. The highest BCUT2D eigenvalue weighted by molar-refractivity contribution is 7.99. The fraction of sp³-hybridized carbons (Fsp3) is 0.120. The second-order valence-electron chi connectivity index (χ2n) is 7.93. The summed E-state index contributed by atoms with van der Waals surface area (Å²) < 4.78 is 54.6. The Morgan fingerprint density at radius 3 is 2.41 bits per heavy atom. The first-order valence-electron chi connectivity index (χ1n) is 11.0. The molecule has 2 N–H and O–H groups in total. The summed E-state index contributed by atoms with van der Waals surface area (Å²) in [7, 11) is 0. The first kappa shape index (κ1) is 28.4. The molecule has 1 aromatic heterocycles. The van der Waals surface area contributed by atoms with Crippen LogP contribution in [0.3, 0.4) is 0 Å². The topological polar surface area (TPSA) is 88.9 Å². The van der Waals surface area contributed by atoms with Crippen LogP contribution in [-0.2, 0) is 17.5 Å². The lowest BCUT2D eigenvalue weighted by molar-refractivity contribution is -0.137. The van der Waals surface area contributed by atoms with Gasteiger partial charge in [0, 0.05) is 10.7 Å². The van der Waals surface area contributed by atoms with Gasteiger partial charge in [-0.05, 0) is 60.7 Å². The highest BCUT2D eigenvalue weighted by Gasteiger charge is 2.31. The van der Waals surface area contributed by atoms with Gasteiger partial charge in [0.1, 0.15) is 5.82 Å². The molecule has 0 aliphatic heterocycles. The lowest BCUT2D eigenvalue weighted by Gasteiger charge is -2.14. The van der Waals surface area contributed by atoms with Gasteiger partial charge >= 0.3 is 6.18 Å². The van der Waals surface area contributed by atoms with E-state index in [2.05, 4.69) is 20.8 Å². The molecule has 0 aliphatic carbocycles. The van der Waals surface area contributed by atoms with E-state index in [-0.39, 0.29) is 39.6 Å². The third-order valence-corrected chi connectivity index (χ3v) is 6.65. The maximum atomic E-state index is 13.4. The Kier molecular flexibility index (Phi) is 8.78. The number of hydrogen-bond acceptors (Lipinski definition) is 5. The van der Waals surface area contributed by atoms with Gasteiger partial charge in [-0.15, -0.1) is 10.2 Å². The standard InChI is InChI=1S/C25H17Cl2F4N5O2S/c26-15-4-9-19(20(27)11-15)23(38)32-12-21-34-35-24(36(21)18-3-1-2-14(10-18)25(29,30)31)39-13-22(37)33-17-7-5-16(28)6-8-17/h1-11H,12-13H2,(H,32,38)(H,33,37). The van der Waals surface area contributed by atoms with Crippen molar-refractivity contribution < 1.29 is 27.2 Å². The van der Waals surface area contributed by atoms with Crippen LogP contribution >= 0.6 is 35.0 Å². The fourth-order valence-electron chi connectivity index (χ4n) is 3.38. The number of aromatic nitrogens is 3. The van der Waals surface area contributed by atoms with Crippen molar-refractivity contribution in [3.8, 4) is 5.69 Å². The monoisotopic (exact) mass is 597 g/mol. The summed E-state index contributed by atoms with van der Waals surface area (Å²) in [6, 6.07) is 13.9. The normalized spacial score (nSPS) is 11.3. The van der Waals surface area contributed by atoms with Gasteiger partial charge in [0.25, 0.3) is 5.91 Å². The Morgan fingerprint density at radius 2 is 1.72 bits per heavy atom. The summed E-state index contributed by atoms with van der Waals surface area (Å²) in [6.07, 6.45) is -4.61. The first-order valence-corrected chi connectivity index (χ1v) is 12.8. The molecule has 0 unspecified atom stereocenters. The Labute approximate surface area is 233 Å². The van der Waals surface area contributed by atoms with Crippen LogP contribution in [0.15, 0.2) is 71.9 Å². The smallest absolute Gasteiger partial charge is 0.345 e. The average Bonchev–Trinajstić information content (AvgIpc) is 3.30. The summed E-state index contributed by atoms with van der Waals surface area (Å²) in [5, 5.41) is 13.8. The number of hydrogen-bond donors (Lipinski definition) is 2. The molecule has 0 bridgehead atoms. The minimum atomic E-state index is -4.61. The minimum absolute atomic E-state index is 0.0741. The first-order chi connectivity index (χ1) is 18.5. The summed E-state index contributed by atoms with van der Waals surface area (Å²) in [4.78, 5) is 25.1. The maximum Gasteiger partial charge on any atom is 0.416 e. The molecule has 0 saturated carbocycles. The lowest BCUT2D eigenvalue weighted by Crippen LogP contribution is -2.25. The zero-order valence-corrected chi connectivity index (χ0v) is 21.9. The molecule has 4 aromatic rings. The summed E-state index contributed by atoms with van der Waals surface area (Å²) in [6.45, 7) is -0.219. The van der Waals surface area contributed by atoms with Gasteiger partial charge in [-0.3, -0.25) is 14.2 Å². The van der Waals surface area contributed by atoms with E-state index in [1.54, 1.807) is 0 Å². The van der Waals surface area contributed by atoms with Gasteiger partial charge in [0.15, 0.2) is 11.0 Å². The molecule has 0 saturated heterocycles. The van der Waals surface area contributed by atoms with Crippen molar-refractivity contribution in [1.82, 2.24) is 20.1 Å². The van der Waals surface area contributed by atoms with E-state index < -0.39 is 29.4 Å². The Balaban J connectivity index is 1.57. The SMILES string of the molecule is O=C(CSc1nnc(CNC(=O)c2ccc(Cl)cc2Cl)n1-c1cccc(C(F)(F)F)c1)Nc1ccc(F)cc1. The Morgan fingerprint density at radius 1 is 0.974 bits per heavy atom. The predicted molar refractivity (Wildman–Crippen MR) is 140 cm³/mol. The van der Waals surface area contributed by atoms with Crippen LogP contribution in [0, 0.1) is 5.82 Å². The molecule has 202 valence electrons. The Hall–Kier alpha value is -3.61. The van der Waals surface area contributed by atoms with Gasteiger partial charge in [0.2, 0.25) is 5.91 Å². The van der Waals surface area contributed by atoms with E-state index in [0.29, 0.717) is 10.7 Å². The summed E-state index contributed by atoms with van der Waals surface area (Å²) in [5.41, 5.74) is -0.324. The third-order valence-electron chi connectivity index (χ3n) is 5.18. The number of nitrogens with zero attached hydrogens (tertiary/aromatic N) is 3. The number of carbonyl (C=O) groups is 2. The number of carbonyl (C=O) groups excluding carboxylic acids is 2. The summed E-state index contributed by atoms with van der Waals surface area (Å²) in [5.74, 6) is -1.56. The van der Waals surface area contributed by atoms with Gasteiger partial charge < -0.3 is 10.6 Å². The fourth-order valence-corrected chi connectivity index (χ4v) is 4.64. The van der Waals surface area contributed by atoms with Crippen molar-refractivity contribution in [3.05, 3.63) is 99.5 Å². The van der Waals surface area contributed by atoms with Crippen LogP contribution in [0.5, 0.6) is 0 Å². The molecule has 3 aromatic carbocycles. The molecule has 0 spiro atoms. The number of halogens is 6. The predicted octanol–water partition coefficient (Wildman–Crippen LogP) is 6.39. The van der Waals surface area contributed by atoms with Gasteiger partial charge in [-0.1, -0.05) is 41.0 Å². The van der Waals surface area contributed by atoms with Gasteiger partial charge in [-0.2, -0.15) is 13.2 Å². The number of benzene rings is 3. The van der Waals surface area contributed by atoms with Gasteiger partial charge in [0.05, 0.1) is 34.1 Å². The van der Waals surface area contributed by atoms with Crippen molar-refractivity contribution in [3.63, 3.8) is 0 Å². The largest absolute Gasteiger partial charge is 0.416 e. The molecule has 2 amide bonds. The molecule has 0 radical (unpaired) electrons. The number of nitrogens with one attached hydrogen (secondary N) is 2. The van der Waals surface area contributed by atoms with Crippen molar-refractivity contribution in [1.29, 1.82) is 0 Å². The van der Waals surface area contributed by atoms with Crippen LogP contribution in [0.4, 0.5) is 23.2 Å². The van der Waals surface area contributed by atoms with Crippen LogP contribution in [0.25, 0.3) is 5.69 Å². The maximum absolute atomic E-state index is 13.4. The number of rotatable bonds is 8. The van der Waals surface area contributed by atoms with Crippen LogP contribution < -0.4 is 10.6 Å². The highest BCUT2D eigenvalue weighted by atomic mass is 35.5. The van der Waals surface area contributed by atoms with E-state index in [1.165, 1.54) is 59.2 Å². The van der Waals surface area contributed by atoms with E-state index in [9.17, 15) is 27.2 Å². The molecule has 14 heteroatoms. The Bertz CT molecular complexity index is 1510. The van der Waals surface area contributed by atoms with Crippen LogP contribution in [0.2, 0.25) is 10.0 Å². The van der Waals surface area contributed by atoms with E-state index >= 15 is 0 Å². The second kappa shape index (κ2) is 12.1. The molecular weight excluding hydrogens is 581 g/mol. The van der Waals surface area contributed by atoms with E-state index in [1.807, 2.05) is 0 Å². The van der Waals surface area contributed by atoms with Gasteiger partial charge in [-0.25, -0.2) is 4.39 Å². The van der Waals surface area contributed by atoms with E-state index in [4.69, 9.17) is 23.2 Å². The molecule has 1 heterocycles. The average molecular weight is 598 g/mol. The molecule has 0 atom stereocenters. The molecule has 7 nitrogen and oxygen atoms in total. The zero-order valence-electron chi connectivity index (χ0n) is 19.6. The molecule has 4 rings (SSSR count). The number of alkyl halides is 3. The van der Waals surface area contributed by atoms with Crippen molar-refractivity contribution in [2.24, 2.45) is 0 Å². The van der Waals surface area contributed by atoms with Crippen molar-refractivity contribution in [2.75, 3.05) is 11.1 Å². The van der Waals surface area contributed by atoms with Crippen molar-refractivity contribution >= 4 is 52.5 Å². The van der Waals surface area contributed by atoms with Crippen molar-refractivity contribution in [2.45, 2.75) is 17.9 Å². The molecule has 0 fully saturated rings. The quantitative estimate of drug-likeness (QED) is 0.181. The van der Waals surface area contributed by atoms with E-state index in [0.717, 1.165) is 23.9 Å². The lowest BCUT2D eigenvalue weighted by atomic mass is 10.2. The minimum Gasteiger partial charge on any atom is -0.345 e. The number of amides is 2. The number of thioether (sulfide) groups is 1. The number of anilines is 1. The zero-order chi connectivity index (χ0) is 28.2. The molecule has 39 heavy (non-hydrogen) atoms. The molecular formula is C25H17Cl2F4N5O2S. The van der Waals surface area contributed by atoms with Crippen LogP contribution in [-0.4, -0.2) is 32.3 Å². The third kappa shape index (κ3) is 7.28. The molecule has 0 aliphatic rings. The summed E-state index contributed by atoms with van der Waals surface area (Å²) >= 11 is 12.9.